The Morgan fingerprint density at radius 3 is 2.75 bits per heavy atom. The van der Waals surface area contributed by atoms with E-state index in [0.717, 1.165) is 0 Å². The number of para-hydroxylation sites is 1. The van der Waals surface area contributed by atoms with Gasteiger partial charge in [0.25, 0.3) is 0 Å². The summed E-state index contributed by atoms with van der Waals surface area (Å²) >= 11 is 0. The molecule has 0 bridgehead atoms. The fraction of sp³-hybridized carbons (Fsp3) is 0. The Morgan fingerprint density at radius 1 is 1.17 bits per heavy atom. The zero-order valence-electron chi connectivity index (χ0n) is 5.94. The first kappa shape index (κ1) is 6.84. The van der Waals surface area contributed by atoms with Crippen molar-refractivity contribution in [1.82, 2.24) is 0 Å². The third-order valence-corrected chi connectivity index (χ3v) is 1.37. The lowest BCUT2D eigenvalue weighted by atomic mass is 10.3. The second-order valence-electron chi connectivity index (χ2n) is 2.18. The number of rotatable bonds is 0. The summed E-state index contributed by atoms with van der Waals surface area (Å²) in [6.07, 6.45) is 0. The Labute approximate surface area is 68.3 Å². The van der Waals surface area contributed by atoms with Crippen LogP contribution in [0.5, 0.6) is 11.5 Å². The van der Waals surface area contributed by atoms with Crippen LogP contribution in [0.25, 0.3) is 0 Å². The minimum absolute atomic E-state index is 0.257. The predicted molar refractivity (Wildman–Crippen MR) is 38.8 cm³/mol. The molecule has 0 amide bonds. The Hall–Kier alpha value is -1.84. The van der Waals surface area contributed by atoms with E-state index in [1.165, 1.54) is 0 Å². The van der Waals surface area contributed by atoms with Gasteiger partial charge in [-0.05, 0) is 6.07 Å². The van der Waals surface area contributed by atoms with Gasteiger partial charge in [0.15, 0.2) is 11.5 Å². The van der Waals surface area contributed by atoms with Crippen LogP contribution in [0.1, 0.15) is 0 Å². The number of fused-ring (bicyclic) bond motifs is 1. The number of hydrogen-bond acceptors (Lipinski definition) is 4. The third kappa shape index (κ3) is 0.934. The minimum atomic E-state index is -0.648. The van der Waals surface area contributed by atoms with Gasteiger partial charge in [0.05, 0.1) is 0 Å². The summed E-state index contributed by atoms with van der Waals surface area (Å²) in [5, 5.41) is 17.8. The van der Waals surface area contributed by atoms with Crippen LogP contribution in [0.3, 0.4) is 0 Å². The Bertz CT molecular complexity index is 310. The first-order valence-electron chi connectivity index (χ1n) is 3.26. The van der Waals surface area contributed by atoms with Crippen molar-refractivity contribution in [2.24, 2.45) is 0 Å². The molecule has 4 heteroatoms. The summed E-state index contributed by atoms with van der Waals surface area (Å²) in [6.45, 7) is 0. The summed E-state index contributed by atoms with van der Waals surface area (Å²) in [4.78, 5) is 0. The number of hydrogen-bond donors (Lipinski definition) is 2. The van der Waals surface area contributed by atoms with Crippen molar-refractivity contribution >= 4 is 0 Å². The van der Waals surface area contributed by atoms with Crippen LogP contribution in [0.15, 0.2) is 30.1 Å². The van der Waals surface area contributed by atoms with Crippen LogP contribution in [-0.2, 0) is 0 Å². The van der Waals surface area contributed by atoms with Gasteiger partial charge in [-0.2, -0.15) is 0 Å². The van der Waals surface area contributed by atoms with Crippen LogP contribution in [0.4, 0.5) is 0 Å². The van der Waals surface area contributed by atoms with Gasteiger partial charge >= 0.3 is 11.9 Å². The zero-order valence-corrected chi connectivity index (χ0v) is 5.94. The van der Waals surface area contributed by atoms with E-state index in [0.29, 0.717) is 5.75 Å². The summed E-state index contributed by atoms with van der Waals surface area (Å²) in [5.41, 5.74) is 0. The maximum atomic E-state index is 8.89. The van der Waals surface area contributed by atoms with E-state index in [1.807, 2.05) is 0 Å². The van der Waals surface area contributed by atoms with Crippen molar-refractivity contribution in [3.63, 3.8) is 0 Å². The van der Waals surface area contributed by atoms with E-state index in [9.17, 15) is 0 Å². The van der Waals surface area contributed by atoms with Crippen LogP contribution < -0.4 is 9.47 Å². The molecule has 0 saturated heterocycles. The number of benzene rings is 1. The molecule has 0 spiro atoms. The van der Waals surface area contributed by atoms with E-state index in [4.69, 9.17) is 19.7 Å². The molecule has 61 valence electrons. The van der Waals surface area contributed by atoms with Crippen LogP contribution in [0.2, 0.25) is 0 Å². The average Bonchev–Trinajstić information content (AvgIpc) is 2.07. The molecule has 0 unspecified atom stereocenters. The number of aliphatic hydroxyl groups excluding tert-OH is 2. The molecule has 2 rings (SSSR count). The standard InChI is InChI=1S/C8H5O4/c9-7-8(10)12-6-4-2-1-3-5(6)11-7/h1-3,9-10H. The Morgan fingerprint density at radius 2 is 1.92 bits per heavy atom. The van der Waals surface area contributed by atoms with E-state index in [1.54, 1.807) is 18.2 Å². The normalized spacial score (nSPS) is 14.7. The molecule has 1 heterocycles. The van der Waals surface area contributed by atoms with Gasteiger partial charge in [0.1, 0.15) is 0 Å². The number of ether oxygens (including phenoxy) is 2. The summed E-state index contributed by atoms with van der Waals surface area (Å²) in [6, 6.07) is 7.57. The molecule has 0 aromatic heterocycles. The van der Waals surface area contributed by atoms with Crippen molar-refractivity contribution in [2.75, 3.05) is 0 Å². The van der Waals surface area contributed by atoms with E-state index in [-0.39, 0.29) is 5.75 Å². The summed E-state index contributed by atoms with van der Waals surface area (Å²) in [7, 11) is 0. The van der Waals surface area contributed by atoms with Gasteiger partial charge in [-0.3, -0.25) is 0 Å². The quantitative estimate of drug-likeness (QED) is 0.611. The fourth-order valence-corrected chi connectivity index (χ4v) is 0.854. The average molecular weight is 165 g/mol. The molecule has 1 aliphatic heterocycles. The highest BCUT2D eigenvalue weighted by molar-refractivity contribution is 5.41. The van der Waals surface area contributed by atoms with Crippen molar-refractivity contribution in [1.29, 1.82) is 0 Å². The molecule has 1 radical (unpaired) electrons. The van der Waals surface area contributed by atoms with Gasteiger partial charge in [0, 0.05) is 6.07 Å². The lowest BCUT2D eigenvalue weighted by molar-refractivity contribution is 0.0851. The topological polar surface area (TPSA) is 58.9 Å². The largest absolute Gasteiger partial charge is 0.476 e. The maximum absolute atomic E-state index is 8.89. The maximum Gasteiger partial charge on any atom is 0.367 e. The lowest BCUT2D eigenvalue weighted by Crippen LogP contribution is -2.10. The van der Waals surface area contributed by atoms with Crippen LogP contribution >= 0.6 is 0 Å². The van der Waals surface area contributed by atoms with Gasteiger partial charge in [-0.15, -0.1) is 0 Å². The van der Waals surface area contributed by atoms with Crippen molar-refractivity contribution in [3.05, 3.63) is 36.2 Å². The monoisotopic (exact) mass is 165 g/mol. The highest BCUT2D eigenvalue weighted by Crippen LogP contribution is 2.32. The van der Waals surface area contributed by atoms with E-state index >= 15 is 0 Å². The highest BCUT2D eigenvalue weighted by Gasteiger charge is 2.19. The van der Waals surface area contributed by atoms with Crippen LogP contribution in [0, 0.1) is 6.07 Å². The molecule has 2 N–H and O–H groups in total. The summed E-state index contributed by atoms with van der Waals surface area (Å²) < 4.78 is 9.52. The molecule has 0 fully saturated rings. The lowest BCUT2D eigenvalue weighted by Gasteiger charge is -2.15. The molecular weight excluding hydrogens is 160 g/mol. The van der Waals surface area contributed by atoms with E-state index in [2.05, 4.69) is 6.07 Å². The van der Waals surface area contributed by atoms with Gasteiger partial charge < -0.3 is 19.7 Å². The fourth-order valence-electron chi connectivity index (χ4n) is 0.854. The van der Waals surface area contributed by atoms with Crippen molar-refractivity contribution < 1.29 is 19.7 Å². The Kier molecular flexibility index (Phi) is 1.33. The first-order chi connectivity index (χ1) is 5.77. The van der Waals surface area contributed by atoms with Crippen molar-refractivity contribution in [3.8, 4) is 11.5 Å². The molecule has 1 aromatic carbocycles. The van der Waals surface area contributed by atoms with Gasteiger partial charge in [-0.25, -0.2) is 0 Å². The molecule has 1 aromatic rings. The predicted octanol–water partition coefficient (Wildman–Crippen LogP) is 1.50. The molecular formula is C8H5O4. The third-order valence-electron chi connectivity index (χ3n) is 1.37. The zero-order chi connectivity index (χ0) is 8.55. The van der Waals surface area contributed by atoms with Gasteiger partial charge in [-0.1, -0.05) is 12.1 Å². The SMILES string of the molecule is OC1=C(O)Oc2ccc[c]c2O1. The smallest absolute Gasteiger partial charge is 0.367 e. The van der Waals surface area contributed by atoms with E-state index < -0.39 is 11.9 Å². The van der Waals surface area contributed by atoms with Gasteiger partial charge in [0.2, 0.25) is 0 Å². The molecule has 1 aliphatic rings. The summed E-state index contributed by atoms with van der Waals surface area (Å²) in [5.74, 6) is -0.701. The second-order valence-corrected chi connectivity index (χ2v) is 2.18. The molecule has 4 nitrogen and oxygen atoms in total. The van der Waals surface area contributed by atoms with Crippen molar-refractivity contribution in [2.45, 2.75) is 0 Å². The molecule has 0 aliphatic carbocycles. The molecule has 12 heavy (non-hydrogen) atoms. The second kappa shape index (κ2) is 2.34. The minimum Gasteiger partial charge on any atom is -0.476 e. The first-order valence-corrected chi connectivity index (χ1v) is 3.26. The Balaban J connectivity index is 2.43. The highest BCUT2D eigenvalue weighted by atomic mass is 16.7. The molecule has 0 saturated carbocycles. The van der Waals surface area contributed by atoms with Crippen LogP contribution in [-0.4, -0.2) is 10.2 Å². The molecule has 0 atom stereocenters. The number of aliphatic hydroxyl groups is 2.